The second-order valence-corrected chi connectivity index (χ2v) is 11.1. The Labute approximate surface area is 227 Å². The molecular formula is C29H35N3O5S. The zero-order valence-electron chi connectivity index (χ0n) is 21.6. The molecule has 3 N–H and O–H groups in total. The molecule has 1 atom stereocenters. The molecule has 0 aromatic heterocycles. The third-order valence-electron chi connectivity index (χ3n) is 7.13. The predicted molar refractivity (Wildman–Crippen MR) is 148 cm³/mol. The van der Waals surface area contributed by atoms with Gasteiger partial charge in [-0.15, -0.1) is 0 Å². The minimum atomic E-state index is -1.26. The van der Waals surface area contributed by atoms with Gasteiger partial charge in [-0.3, -0.25) is 4.79 Å². The Balaban J connectivity index is 0.000000368. The largest absolute Gasteiger partial charge is 0.478 e. The van der Waals surface area contributed by atoms with Crippen LogP contribution in [0.2, 0.25) is 0 Å². The zero-order chi connectivity index (χ0) is 27.1. The number of carboxylic acid groups (broad SMARTS) is 2. The molecule has 9 heteroatoms. The number of amides is 1. The monoisotopic (exact) mass is 537 g/mol. The molecule has 1 unspecified atom stereocenters. The van der Waals surface area contributed by atoms with Crippen molar-refractivity contribution in [1.29, 1.82) is 0 Å². The molecule has 0 bridgehead atoms. The van der Waals surface area contributed by atoms with Gasteiger partial charge in [-0.1, -0.05) is 30.3 Å². The van der Waals surface area contributed by atoms with Gasteiger partial charge in [-0.25, -0.2) is 9.59 Å². The number of likely N-dealkylation sites (tertiary alicyclic amines) is 1. The average Bonchev–Trinajstić information content (AvgIpc) is 3.38. The van der Waals surface area contributed by atoms with E-state index in [1.165, 1.54) is 66.4 Å². The molecule has 1 aliphatic carbocycles. The van der Waals surface area contributed by atoms with E-state index < -0.39 is 11.9 Å². The van der Waals surface area contributed by atoms with Crippen molar-refractivity contribution in [1.82, 2.24) is 10.2 Å². The van der Waals surface area contributed by atoms with Gasteiger partial charge in [0, 0.05) is 46.6 Å². The van der Waals surface area contributed by atoms with Crippen molar-refractivity contribution in [2.24, 2.45) is 5.92 Å². The number of anilines is 2. The van der Waals surface area contributed by atoms with Crippen molar-refractivity contribution in [2.75, 3.05) is 31.1 Å². The summed E-state index contributed by atoms with van der Waals surface area (Å²) in [6.45, 7) is 6.58. The van der Waals surface area contributed by atoms with Gasteiger partial charge < -0.3 is 25.3 Å². The Hall–Kier alpha value is -3.30. The first-order chi connectivity index (χ1) is 18.3. The Morgan fingerprint density at radius 1 is 0.974 bits per heavy atom. The maximum absolute atomic E-state index is 12.8. The Kier molecular flexibility index (Phi) is 9.47. The fraction of sp³-hybridized carbons (Fsp3) is 0.414. The molecule has 2 aromatic carbocycles. The molecule has 1 amide bonds. The number of carbonyl (C=O) groups is 3. The predicted octanol–water partition coefficient (Wildman–Crippen LogP) is 5.02. The van der Waals surface area contributed by atoms with Crippen molar-refractivity contribution in [3.05, 3.63) is 60.2 Å². The van der Waals surface area contributed by atoms with E-state index >= 15 is 0 Å². The summed E-state index contributed by atoms with van der Waals surface area (Å²) >= 11 is 1.81. The van der Waals surface area contributed by atoms with E-state index in [1.807, 2.05) is 17.8 Å². The number of nitrogens with one attached hydrogen (secondary N) is 1. The molecule has 2 aromatic rings. The highest BCUT2D eigenvalue weighted by atomic mass is 32.2. The fourth-order valence-corrected chi connectivity index (χ4v) is 6.05. The van der Waals surface area contributed by atoms with Crippen LogP contribution < -0.4 is 10.2 Å². The van der Waals surface area contributed by atoms with Gasteiger partial charge in [0.05, 0.1) is 11.4 Å². The molecule has 1 saturated carbocycles. The molecule has 2 heterocycles. The molecule has 3 aliphatic rings. The van der Waals surface area contributed by atoms with Crippen LogP contribution in [0.15, 0.2) is 64.4 Å². The minimum absolute atomic E-state index is 0.0562. The topological polar surface area (TPSA) is 110 Å². The van der Waals surface area contributed by atoms with Gasteiger partial charge in [0.2, 0.25) is 0 Å². The minimum Gasteiger partial charge on any atom is -0.478 e. The number of rotatable bonds is 8. The van der Waals surface area contributed by atoms with E-state index in [0.717, 1.165) is 18.7 Å². The number of carboxylic acids is 2. The molecule has 0 radical (unpaired) electrons. The van der Waals surface area contributed by atoms with Gasteiger partial charge >= 0.3 is 11.9 Å². The summed E-state index contributed by atoms with van der Waals surface area (Å²) in [4.78, 5) is 39.5. The van der Waals surface area contributed by atoms with Crippen LogP contribution in [0.25, 0.3) is 0 Å². The van der Waals surface area contributed by atoms with Crippen LogP contribution in [0.5, 0.6) is 0 Å². The molecule has 2 fully saturated rings. The van der Waals surface area contributed by atoms with Gasteiger partial charge in [-0.05, 0) is 81.9 Å². The standard InChI is InChI=1S/C25H31N3OS.C4H4O4/c1-18(17-27-13-4-5-14-27)28-21-9-2-3-10-23(21)30-24-12-11-20(15-22(24)28)25(29)26-16-19-7-6-8-19;5-3(6)1-2-4(7)8/h2-3,9-12,15,18-19H,4-8,13-14,16-17H2,1H3,(H,26,29);1-2H,(H,5,6)(H,7,8)/b;2-1+. The maximum atomic E-state index is 12.8. The molecule has 38 heavy (non-hydrogen) atoms. The molecule has 202 valence electrons. The quantitative estimate of drug-likeness (QED) is 0.403. The van der Waals surface area contributed by atoms with Gasteiger partial charge in [0.15, 0.2) is 0 Å². The van der Waals surface area contributed by atoms with Crippen molar-refractivity contribution in [3.63, 3.8) is 0 Å². The number of hydrogen-bond acceptors (Lipinski definition) is 6. The first-order valence-corrected chi connectivity index (χ1v) is 14.0. The van der Waals surface area contributed by atoms with E-state index in [0.29, 0.717) is 24.1 Å². The highest BCUT2D eigenvalue weighted by Gasteiger charge is 2.29. The van der Waals surface area contributed by atoms with Crippen molar-refractivity contribution >= 4 is 41.0 Å². The van der Waals surface area contributed by atoms with E-state index in [9.17, 15) is 14.4 Å². The zero-order valence-corrected chi connectivity index (χ0v) is 22.5. The normalized spacial score (nSPS) is 17.6. The Morgan fingerprint density at radius 2 is 1.63 bits per heavy atom. The molecule has 5 rings (SSSR count). The van der Waals surface area contributed by atoms with E-state index in [1.54, 1.807) is 0 Å². The van der Waals surface area contributed by atoms with Crippen LogP contribution in [-0.2, 0) is 9.59 Å². The first kappa shape index (κ1) is 27.7. The van der Waals surface area contributed by atoms with Crippen LogP contribution in [0.3, 0.4) is 0 Å². The van der Waals surface area contributed by atoms with Crippen molar-refractivity contribution < 1.29 is 24.6 Å². The molecule has 0 spiro atoms. The van der Waals surface area contributed by atoms with E-state index in [2.05, 4.69) is 58.4 Å². The summed E-state index contributed by atoms with van der Waals surface area (Å²) in [5.74, 6) is -1.79. The van der Waals surface area contributed by atoms with Crippen LogP contribution in [-0.4, -0.2) is 65.2 Å². The SMILES string of the molecule is CC(CN1CCCC1)N1c2ccccc2Sc2ccc(C(=O)NCC3CCC3)cc21.O=C(O)/C=C/C(=O)O. The van der Waals surface area contributed by atoms with Crippen LogP contribution >= 0.6 is 11.8 Å². The summed E-state index contributed by atoms with van der Waals surface area (Å²) in [5.41, 5.74) is 3.20. The lowest BCUT2D eigenvalue weighted by Crippen LogP contribution is -2.40. The Bertz CT molecular complexity index is 1170. The van der Waals surface area contributed by atoms with E-state index in [-0.39, 0.29) is 5.91 Å². The number of benzene rings is 2. The smallest absolute Gasteiger partial charge is 0.328 e. The molecule has 8 nitrogen and oxygen atoms in total. The van der Waals surface area contributed by atoms with Crippen LogP contribution in [0.1, 0.15) is 49.4 Å². The van der Waals surface area contributed by atoms with E-state index in [4.69, 9.17) is 10.2 Å². The summed E-state index contributed by atoms with van der Waals surface area (Å²) in [5, 5.41) is 18.8. The number of para-hydroxylation sites is 1. The lowest BCUT2D eigenvalue weighted by atomic mass is 9.85. The van der Waals surface area contributed by atoms with Crippen molar-refractivity contribution in [3.8, 4) is 0 Å². The third-order valence-corrected chi connectivity index (χ3v) is 8.26. The lowest BCUT2D eigenvalue weighted by molar-refractivity contribution is -0.134. The average molecular weight is 538 g/mol. The fourth-order valence-electron chi connectivity index (χ4n) is 5.00. The number of aliphatic carboxylic acids is 2. The number of hydrogen-bond donors (Lipinski definition) is 3. The number of fused-ring (bicyclic) bond motifs is 2. The maximum Gasteiger partial charge on any atom is 0.328 e. The number of carbonyl (C=O) groups excluding carboxylic acids is 1. The van der Waals surface area contributed by atoms with Crippen molar-refractivity contribution in [2.45, 2.75) is 54.9 Å². The van der Waals surface area contributed by atoms with Gasteiger partial charge in [0.1, 0.15) is 0 Å². The second-order valence-electron chi connectivity index (χ2n) is 10.00. The third kappa shape index (κ3) is 7.17. The molecule has 1 saturated heterocycles. The van der Waals surface area contributed by atoms with Gasteiger partial charge in [-0.2, -0.15) is 0 Å². The summed E-state index contributed by atoms with van der Waals surface area (Å²) in [6.07, 6.45) is 7.53. The summed E-state index contributed by atoms with van der Waals surface area (Å²) in [6, 6.07) is 15.2. The van der Waals surface area contributed by atoms with Crippen LogP contribution in [0.4, 0.5) is 11.4 Å². The van der Waals surface area contributed by atoms with Gasteiger partial charge in [0.25, 0.3) is 5.91 Å². The second kappa shape index (κ2) is 13.0. The highest BCUT2D eigenvalue weighted by molar-refractivity contribution is 7.99. The summed E-state index contributed by atoms with van der Waals surface area (Å²) < 4.78 is 0. The highest BCUT2D eigenvalue weighted by Crippen LogP contribution is 2.49. The summed E-state index contributed by atoms with van der Waals surface area (Å²) in [7, 11) is 0. The first-order valence-electron chi connectivity index (χ1n) is 13.2. The lowest BCUT2D eigenvalue weighted by Gasteiger charge is -2.39. The molecular weight excluding hydrogens is 502 g/mol. The Morgan fingerprint density at radius 3 is 2.26 bits per heavy atom. The number of nitrogens with zero attached hydrogens (tertiary/aromatic N) is 2. The van der Waals surface area contributed by atoms with Crippen LogP contribution in [0, 0.1) is 5.92 Å². The molecule has 2 aliphatic heterocycles.